The zero-order chi connectivity index (χ0) is 27.4. The summed E-state index contributed by atoms with van der Waals surface area (Å²) in [6.07, 6.45) is 1.53. The van der Waals surface area contributed by atoms with E-state index in [4.69, 9.17) is 23.2 Å². The molecule has 0 fully saturated rings. The fourth-order valence-electron chi connectivity index (χ4n) is 3.95. The summed E-state index contributed by atoms with van der Waals surface area (Å²) < 4.78 is 30.9. The van der Waals surface area contributed by atoms with Crippen LogP contribution in [0.1, 0.15) is 17.0 Å². The van der Waals surface area contributed by atoms with Crippen LogP contribution in [0.25, 0.3) is 5.69 Å². The number of nitrogens with zero attached hydrogens (tertiary/aromatic N) is 3. The van der Waals surface area contributed by atoms with E-state index in [1.807, 2.05) is 44.2 Å². The number of anilines is 1. The molecule has 7 nitrogen and oxygen atoms in total. The first-order valence-corrected chi connectivity index (χ1v) is 14.4. The zero-order valence-electron chi connectivity index (χ0n) is 20.4. The van der Waals surface area contributed by atoms with Crippen molar-refractivity contribution >= 4 is 67.0 Å². The molecule has 4 aromatic rings. The van der Waals surface area contributed by atoms with Crippen molar-refractivity contribution in [3.8, 4) is 5.69 Å². The lowest BCUT2D eigenvalue weighted by atomic mass is 10.2. The fraction of sp³-hybridized carbons (Fsp3) is 0.111. The molecular formula is C27H23BrCl2N4O3S. The minimum absolute atomic E-state index is 0.0300. The highest BCUT2D eigenvalue weighted by Gasteiger charge is 2.27. The normalized spacial score (nSPS) is 11.6. The van der Waals surface area contributed by atoms with Crippen LogP contribution in [0.3, 0.4) is 0 Å². The maximum atomic E-state index is 13.4. The van der Waals surface area contributed by atoms with Crippen molar-refractivity contribution in [3.05, 3.63) is 110 Å². The van der Waals surface area contributed by atoms with Gasteiger partial charge in [0.15, 0.2) is 0 Å². The molecule has 0 spiro atoms. The largest absolute Gasteiger partial charge is 0.318 e. The Hall–Kier alpha value is -3.11. The molecule has 0 radical (unpaired) electrons. The van der Waals surface area contributed by atoms with Gasteiger partial charge < -0.3 is 4.57 Å². The van der Waals surface area contributed by atoms with E-state index in [1.54, 1.807) is 18.2 Å². The Labute approximate surface area is 239 Å². The minimum atomic E-state index is -4.09. The van der Waals surface area contributed by atoms with E-state index in [0.717, 1.165) is 31.4 Å². The van der Waals surface area contributed by atoms with E-state index in [-0.39, 0.29) is 20.6 Å². The molecule has 1 N–H and O–H groups in total. The van der Waals surface area contributed by atoms with Gasteiger partial charge >= 0.3 is 0 Å². The third-order valence-corrected chi connectivity index (χ3v) is 8.76. The molecule has 196 valence electrons. The Balaban J connectivity index is 1.56. The Morgan fingerprint density at radius 3 is 2.42 bits per heavy atom. The average molecular weight is 634 g/mol. The SMILES string of the molecule is Cc1cc(/C=N/NC(=O)CN(c2ccc(Cl)c(Cl)c2)S(=O)(=O)c2ccccc2)c(C)n1-c1cccc(Br)c1. The van der Waals surface area contributed by atoms with Gasteiger partial charge in [0.05, 0.1) is 26.8 Å². The molecule has 11 heteroatoms. The van der Waals surface area contributed by atoms with E-state index in [1.165, 1.54) is 36.5 Å². The van der Waals surface area contributed by atoms with Crippen LogP contribution in [0.4, 0.5) is 5.69 Å². The number of benzene rings is 3. The van der Waals surface area contributed by atoms with Crippen LogP contribution >= 0.6 is 39.1 Å². The highest BCUT2D eigenvalue weighted by molar-refractivity contribution is 9.10. The molecule has 38 heavy (non-hydrogen) atoms. The van der Waals surface area contributed by atoms with Crippen molar-refractivity contribution in [1.29, 1.82) is 0 Å². The number of hydrogen-bond donors (Lipinski definition) is 1. The number of aryl methyl sites for hydroxylation is 1. The summed E-state index contributed by atoms with van der Waals surface area (Å²) in [5, 5.41) is 4.51. The molecule has 0 bridgehead atoms. The lowest BCUT2D eigenvalue weighted by molar-refractivity contribution is -0.119. The van der Waals surface area contributed by atoms with Gasteiger partial charge in [-0.3, -0.25) is 9.10 Å². The topological polar surface area (TPSA) is 83.8 Å². The molecule has 0 unspecified atom stereocenters. The quantitative estimate of drug-likeness (QED) is 0.177. The van der Waals surface area contributed by atoms with Crippen molar-refractivity contribution in [2.75, 3.05) is 10.8 Å². The monoisotopic (exact) mass is 632 g/mol. The second-order valence-corrected chi connectivity index (χ2v) is 12.0. The summed E-state index contributed by atoms with van der Waals surface area (Å²) >= 11 is 15.7. The number of sulfonamides is 1. The number of aromatic nitrogens is 1. The average Bonchev–Trinajstić information content (AvgIpc) is 3.17. The second-order valence-electron chi connectivity index (χ2n) is 8.36. The number of hydrazone groups is 1. The Morgan fingerprint density at radius 2 is 1.74 bits per heavy atom. The summed E-state index contributed by atoms with van der Waals surface area (Å²) in [7, 11) is -4.09. The molecule has 0 aliphatic heterocycles. The number of rotatable bonds is 8. The third kappa shape index (κ3) is 6.13. The maximum absolute atomic E-state index is 13.4. The van der Waals surface area contributed by atoms with Crippen molar-refractivity contribution in [2.45, 2.75) is 18.7 Å². The summed E-state index contributed by atoms with van der Waals surface area (Å²) in [5.74, 6) is -0.632. The highest BCUT2D eigenvalue weighted by Crippen LogP contribution is 2.30. The molecule has 4 rings (SSSR count). The van der Waals surface area contributed by atoms with Gasteiger partial charge in [0.25, 0.3) is 15.9 Å². The number of hydrogen-bond acceptors (Lipinski definition) is 4. The van der Waals surface area contributed by atoms with Gasteiger partial charge in [0.2, 0.25) is 0 Å². The molecule has 0 atom stereocenters. The van der Waals surface area contributed by atoms with Crippen LogP contribution in [0.5, 0.6) is 0 Å². The smallest absolute Gasteiger partial charge is 0.264 e. The first kappa shape index (κ1) is 27.9. The molecule has 1 heterocycles. The maximum Gasteiger partial charge on any atom is 0.264 e. The summed E-state index contributed by atoms with van der Waals surface area (Å²) in [4.78, 5) is 12.9. The van der Waals surface area contributed by atoms with Crippen molar-refractivity contribution in [3.63, 3.8) is 0 Å². The van der Waals surface area contributed by atoms with Crippen molar-refractivity contribution < 1.29 is 13.2 Å². The van der Waals surface area contributed by atoms with E-state index >= 15 is 0 Å². The van der Waals surface area contributed by atoms with Gasteiger partial charge in [0.1, 0.15) is 6.54 Å². The molecule has 1 aromatic heterocycles. The molecule has 3 aromatic carbocycles. The minimum Gasteiger partial charge on any atom is -0.318 e. The van der Waals surface area contributed by atoms with E-state index < -0.39 is 22.5 Å². The number of amides is 1. The molecule has 1 amide bonds. The lowest BCUT2D eigenvalue weighted by Gasteiger charge is -2.24. The Bertz CT molecular complexity index is 1620. The number of carbonyl (C=O) groups excluding carboxylic acids is 1. The molecular weight excluding hydrogens is 611 g/mol. The zero-order valence-corrected chi connectivity index (χ0v) is 24.3. The molecule has 0 saturated carbocycles. The summed E-state index contributed by atoms with van der Waals surface area (Å²) in [6.45, 7) is 3.41. The van der Waals surface area contributed by atoms with Crippen LogP contribution in [0.15, 0.2) is 93.3 Å². The van der Waals surface area contributed by atoms with Crippen LogP contribution < -0.4 is 9.73 Å². The lowest BCUT2D eigenvalue weighted by Crippen LogP contribution is -2.39. The summed E-state index contributed by atoms with van der Waals surface area (Å²) in [5.41, 5.74) is 6.35. The van der Waals surface area contributed by atoms with Crippen molar-refractivity contribution in [1.82, 2.24) is 9.99 Å². The van der Waals surface area contributed by atoms with Crippen LogP contribution in [-0.2, 0) is 14.8 Å². The van der Waals surface area contributed by atoms with Crippen LogP contribution in [0.2, 0.25) is 10.0 Å². The van der Waals surface area contributed by atoms with Crippen LogP contribution in [-0.4, -0.2) is 31.7 Å². The van der Waals surface area contributed by atoms with Crippen molar-refractivity contribution in [2.24, 2.45) is 5.10 Å². The van der Waals surface area contributed by atoms with Gasteiger partial charge in [0, 0.05) is 27.1 Å². The molecule has 0 saturated heterocycles. The van der Waals surface area contributed by atoms with Crippen LogP contribution in [0, 0.1) is 13.8 Å². The van der Waals surface area contributed by atoms with Gasteiger partial charge in [-0.25, -0.2) is 13.8 Å². The van der Waals surface area contributed by atoms with E-state index in [0.29, 0.717) is 0 Å². The Kier molecular flexibility index (Phi) is 8.62. The van der Waals surface area contributed by atoms with Gasteiger partial charge in [-0.1, -0.05) is 63.4 Å². The predicted octanol–water partition coefficient (Wildman–Crippen LogP) is 6.51. The molecule has 0 aliphatic carbocycles. The third-order valence-electron chi connectivity index (χ3n) is 5.74. The van der Waals surface area contributed by atoms with Gasteiger partial charge in [-0.15, -0.1) is 0 Å². The highest BCUT2D eigenvalue weighted by atomic mass is 79.9. The second kappa shape index (κ2) is 11.7. The first-order chi connectivity index (χ1) is 18.1. The number of nitrogens with one attached hydrogen (secondary N) is 1. The Morgan fingerprint density at radius 1 is 1.00 bits per heavy atom. The predicted molar refractivity (Wildman–Crippen MR) is 156 cm³/mol. The standard InChI is InChI=1S/C27H23BrCl2N4O3S/c1-18-13-20(19(2)34(18)23-8-6-7-21(28)14-23)16-31-32-27(35)17-33(22-11-12-25(29)26(30)15-22)38(36,37)24-9-4-3-5-10-24/h3-16H,17H2,1-2H3,(H,32,35)/b31-16+. The summed E-state index contributed by atoms with van der Waals surface area (Å²) in [6, 6.07) is 22.1. The fourth-order valence-corrected chi connectivity index (χ4v) is 6.06. The molecule has 0 aliphatic rings. The van der Waals surface area contributed by atoms with E-state index in [9.17, 15) is 13.2 Å². The van der Waals surface area contributed by atoms with Gasteiger partial charge in [-0.05, 0) is 68.4 Å². The number of carbonyl (C=O) groups is 1. The number of halogens is 3. The van der Waals surface area contributed by atoms with E-state index in [2.05, 4.69) is 31.0 Å². The van der Waals surface area contributed by atoms with Gasteiger partial charge in [-0.2, -0.15) is 5.10 Å². The first-order valence-electron chi connectivity index (χ1n) is 11.4.